The molecule has 0 saturated carbocycles. The van der Waals surface area contributed by atoms with Crippen molar-refractivity contribution in [3.05, 3.63) is 59.0 Å². The molecule has 26 heavy (non-hydrogen) atoms. The molecule has 3 aromatic heterocycles. The van der Waals surface area contributed by atoms with Gasteiger partial charge in [0.2, 0.25) is 0 Å². The molecule has 0 fully saturated rings. The monoisotopic (exact) mass is 406 g/mol. The lowest BCUT2D eigenvalue weighted by Gasteiger charge is -2.10. The molecule has 4 heterocycles. The average Bonchev–Trinajstić information content (AvgIpc) is 3.24. The molecular formula is C20H15BrN4O. The normalized spacial score (nSPS) is 13.3. The van der Waals surface area contributed by atoms with Gasteiger partial charge in [0.1, 0.15) is 11.4 Å². The van der Waals surface area contributed by atoms with E-state index in [0.29, 0.717) is 4.47 Å². The number of hydrogen-bond donors (Lipinski definition) is 1. The molecule has 0 atom stereocenters. The van der Waals surface area contributed by atoms with E-state index < -0.39 is 0 Å². The summed E-state index contributed by atoms with van der Waals surface area (Å²) in [6.07, 6.45) is 5.68. The number of aromatic hydroxyl groups is 1. The number of aryl methyl sites for hydroxylation is 1. The minimum Gasteiger partial charge on any atom is -0.507 e. The molecule has 0 amide bonds. The molecule has 0 saturated heterocycles. The van der Waals surface area contributed by atoms with Crippen LogP contribution in [0.4, 0.5) is 0 Å². The Morgan fingerprint density at radius 3 is 2.85 bits per heavy atom. The highest BCUT2D eigenvalue weighted by molar-refractivity contribution is 9.10. The molecule has 0 radical (unpaired) electrons. The van der Waals surface area contributed by atoms with Crippen LogP contribution in [0.15, 0.2) is 53.3 Å². The Bertz CT molecular complexity index is 1140. The molecule has 1 aliphatic heterocycles. The van der Waals surface area contributed by atoms with E-state index in [1.807, 2.05) is 30.3 Å². The highest BCUT2D eigenvalue weighted by atomic mass is 79.9. The van der Waals surface area contributed by atoms with Crippen LogP contribution in [0, 0.1) is 0 Å². The molecule has 0 bridgehead atoms. The fourth-order valence-electron chi connectivity index (χ4n) is 3.67. The lowest BCUT2D eigenvalue weighted by atomic mass is 9.96. The number of phenols is 1. The van der Waals surface area contributed by atoms with E-state index in [1.54, 1.807) is 18.5 Å². The largest absolute Gasteiger partial charge is 0.507 e. The molecule has 5 nitrogen and oxygen atoms in total. The van der Waals surface area contributed by atoms with E-state index in [-0.39, 0.29) is 5.75 Å². The lowest BCUT2D eigenvalue weighted by Crippen LogP contribution is -1.94. The number of fused-ring (bicyclic) bond motifs is 2. The first kappa shape index (κ1) is 15.5. The second-order valence-corrected chi connectivity index (χ2v) is 7.25. The zero-order valence-electron chi connectivity index (χ0n) is 13.9. The average molecular weight is 407 g/mol. The maximum absolute atomic E-state index is 10.0. The Morgan fingerprint density at radius 1 is 1.08 bits per heavy atom. The first-order chi connectivity index (χ1) is 12.7. The van der Waals surface area contributed by atoms with Crippen molar-refractivity contribution >= 4 is 26.8 Å². The first-order valence-corrected chi connectivity index (χ1v) is 9.30. The van der Waals surface area contributed by atoms with Gasteiger partial charge >= 0.3 is 0 Å². The van der Waals surface area contributed by atoms with Crippen molar-refractivity contribution in [2.24, 2.45) is 0 Å². The molecule has 128 valence electrons. The first-order valence-electron chi connectivity index (χ1n) is 8.51. The molecule has 6 heteroatoms. The molecule has 1 aliphatic rings. The number of benzene rings is 1. The molecule has 0 unspecified atom stereocenters. The van der Waals surface area contributed by atoms with Crippen molar-refractivity contribution in [1.82, 2.24) is 19.7 Å². The van der Waals surface area contributed by atoms with E-state index in [0.717, 1.165) is 52.8 Å². The maximum atomic E-state index is 10.0. The molecule has 0 spiro atoms. The Labute approximate surface area is 158 Å². The van der Waals surface area contributed by atoms with Gasteiger partial charge in [-0.25, -0.2) is 0 Å². The van der Waals surface area contributed by atoms with Gasteiger partial charge in [-0.2, -0.15) is 5.10 Å². The SMILES string of the molecule is Oc1cc2nccc(-c3c(-c4ccccn4)nn4c3CCC4)c2cc1Br. The molecule has 1 aromatic carbocycles. The summed E-state index contributed by atoms with van der Waals surface area (Å²) in [5.74, 6) is 0.187. The topological polar surface area (TPSA) is 63.8 Å². The molecule has 5 rings (SSSR count). The van der Waals surface area contributed by atoms with Crippen molar-refractivity contribution < 1.29 is 5.11 Å². The zero-order chi connectivity index (χ0) is 17.7. The summed E-state index contributed by atoms with van der Waals surface area (Å²) < 4.78 is 2.75. The van der Waals surface area contributed by atoms with Gasteiger partial charge in [0, 0.05) is 41.6 Å². The Balaban J connectivity index is 1.84. The minimum absolute atomic E-state index is 0.187. The van der Waals surface area contributed by atoms with E-state index in [1.165, 1.54) is 5.69 Å². The summed E-state index contributed by atoms with van der Waals surface area (Å²) in [7, 11) is 0. The van der Waals surface area contributed by atoms with Crippen molar-refractivity contribution in [3.8, 4) is 28.3 Å². The van der Waals surface area contributed by atoms with Crippen molar-refractivity contribution in [2.45, 2.75) is 19.4 Å². The van der Waals surface area contributed by atoms with Crippen LogP contribution in [0.25, 0.3) is 33.4 Å². The number of hydrogen-bond acceptors (Lipinski definition) is 4. The quantitative estimate of drug-likeness (QED) is 0.529. The molecule has 1 N–H and O–H groups in total. The lowest BCUT2D eigenvalue weighted by molar-refractivity contribution is 0.472. The van der Waals surface area contributed by atoms with Gasteiger partial charge < -0.3 is 5.11 Å². The fraction of sp³-hybridized carbons (Fsp3) is 0.150. The second-order valence-electron chi connectivity index (χ2n) is 6.39. The number of aromatic nitrogens is 4. The summed E-state index contributed by atoms with van der Waals surface area (Å²) in [5.41, 5.74) is 5.95. The number of halogens is 1. The van der Waals surface area contributed by atoms with E-state index >= 15 is 0 Å². The van der Waals surface area contributed by atoms with Crippen LogP contribution in [0.2, 0.25) is 0 Å². The van der Waals surface area contributed by atoms with Crippen LogP contribution in [-0.4, -0.2) is 24.9 Å². The third kappa shape index (κ3) is 2.33. The van der Waals surface area contributed by atoms with Gasteiger partial charge in [-0.15, -0.1) is 0 Å². The number of nitrogens with zero attached hydrogens (tertiary/aromatic N) is 4. The van der Waals surface area contributed by atoms with E-state index in [2.05, 4.69) is 30.6 Å². The zero-order valence-corrected chi connectivity index (χ0v) is 15.4. The predicted octanol–water partition coefficient (Wildman–Crippen LogP) is 4.57. The van der Waals surface area contributed by atoms with Gasteiger partial charge in [-0.3, -0.25) is 14.6 Å². The van der Waals surface area contributed by atoms with E-state index in [4.69, 9.17) is 5.10 Å². The van der Waals surface area contributed by atoms with Crippen LogP contribution in [0.1, 0.15) is 12.1 Å². The summed E-state index contributed by atoms with van der Waals surface area (Å²) in [6, 6.07) is 11.5. The van der Waals surface area contributed by atoms with Crippen molar-refractivity contribution in [2.75, 3.05) is 0 Å². The molecule has 0 aliphatic carbocycles. The third-order valence-corrected chi connectivity index (χ3v) is 5.46. The fourth-order valence-corrected chi connectivity index (χ4v) is 4.01. The second kappa shape index (κ2) is 5.92. The Morgan fingerprint density at radius 2 is 2.00 bits per heavy atom. The number of phenolic OH excluding ortho intramolecular Hbond substituents is 1. The summed E-state index contributed by atoms with van der Waals surface area (Å²) >= 11 is 3.43. The standard InChI is InChI=1S/C20H15BrN4O/c21-14-10-13-12(6-8-23-16(13)11-18(14)26)19-17-5-3-9-25(17)24-20(19)15-4-1-2-7-22-15/h1-2,4,6-8,10-11,26H,3,5,9H2. The summed E-state index contributed by atoms with van der Waals surface area (Å²) in [6.45, 7) is 0.933. The van der Waals surface area contributed by atoms with Crippen LogP contribution >= 0.6 is 15.9 Å². The van der Waals surface area contributed by atoms with Crippen LogP contribution in [0.5, 0.6) is 5.75 Å². The van der Waals surface area contributed by atoms with Crippen LogP contribution < -0.4 is 0 Å². The van der Waals surface area contributed by atoms with Crippen molar-refractivity contribution in [3.63, 3.8) is 0 Å². The Hall–Kier alpha value is -2.73. The highest BCUT2D eigenvalue weighted by Crippen LogP contribution is 2.41. The van der Waals surface area contributed by atoms with Gasteiger partial charge in [0.15, 0.2) is 0 Å². The van der Waals surface area contributed by atoms with Gasteiger partial charge in [0.25, 0.3) is 0 Å². The van der Waals surface area contributed by atoms with Crippen LogP contribution in [-0.2, 0) is 13.0 Å². The third-order valence-electron chi connectivity index (χ3n) is 4.83. The Kier molecular flexibility index (Phi) is 3.53. The number of rotatable bonds is 2. The van der Waals surface area contributed by atoms with E-state index in [9.17, 15) is 5.11 Å². The van der Waals surface area contributed by atoms with Gasteiger partial charge in [-0.05, 0) is 58.6 Å². The van der Waals surface area contributed by atoms with Crippen LogP contribution in [0.3, 0.4) is 0 Å². The predicted molar refractivity (Wildman–Crippen MR) is 104 cm³/mol. The summed E-state index contributed by atoms with van der Waals surface area (Å²) in [5, 5.41) is 15.9. The van der Waals surface area contributed by atoms with Crippen molar-refractivity contribution in [1.29, 1.82) is 0 Å². The van der Waals surface area contributed by atoms with Gasteiger partial charge in [-0.1, -0.05) is 6.07 Å². The number of pyridine rings is 2. The maximum Gasteiger partial charge on any atom is 0.131 e. The molecular weight excluding hydrogens is 392 g/mol. The molecule has 4 aromatic rings. The minimum atomic E-state index is 0.187. The summed E-state index contributed by atoms with van der Waals surface area (Å²) in [4.78, 5) is 8.94. The highest BCUT2D eigenvalue weighted by Gasteiger charge is 2.25. The van der Waals surface area contributed by atoms with Gasteiger partial charge in [0.05, 0.1) is 15.7 Å². The smallest absolute Gasteiger partial charge is 0.131 e.